The summed E-state index contributed by atoms with van der Waals surface area (Å²) in [6, 6.07) is 13.3. The lowest BCUT2D eigenvalue weighted by atomic mass is 10.1. The van der Waals surface area contributed by atoms with Crippen molar-refractivity contribution in [1.82, 2.24) is 4.98 Å². The maximum absolute atomic E-state index is 9.62. The second kappa shape index (κ2) is 9.26. The number of rotatable bonds is 8. The number of pyridine rings is 1. The molecule has 0 unspecified atom stereocenters. The monoisotopic (exact) mass is 391 g/mol. The highest BCUT2D eigenvalue weighted by atomic mass is 16.5. The van der Waals surface area contributed by atoms with Crippen LogP contribution < -0.4 is 14.8 Å². The lowest BCUT2D eigenvalue weighted by Crippen LogP contribution is -2.14. The third-order valence-corrected chi connectivity index (χ3v) is 4.86. The van der Waals surface area contributed by atoms with Crippen molar-refractivity contribution in [2.45, 2.75) is 39.4 Å². The molecule has 2 aromatic carbocycles. The number of benzene rings is 2. The van der Waals surface area contributed by atoms with Gasteiger partial charge in [0.15, 0.2) is 11.5 Å². The van der Waals surface area contributed by atoms with Crippen LogP contribution in [0.4, 0.5) is 11.4 Å². The number of nitrogens with zero attached hydrogens (tertiary/aromatic N) is 2. The Kier molecular flexibility index (Phi) is 6.53. The molecule has 0 fully saturated rings. The van der Waals surface area contributed by atoms with Gasteiger partial charge in [-0.25, -0.2) is 0 Å². The van der Waals surface area contributed by atoms with Crippen molar-refractivity contribution in [1.29, 1.82) is 5.26 Å². The van der Waals surface area contributed by atoms with Gasteiger partial charge in [0.2, 0.25) is 0 Å². The number of nitriles is 1. The van der Waals surface area contributed by atoms with Gasteiger partial charge >= 0.3 is 0 Å². The van der Waals surface area contributed by atoms with E-state index in [-0.39, 0.29) is 12.7 Å². The number of aliphatic hydroxyl groups excluding tert-OH is 1. The number of nitrogens with one attached hydrogen (secondary N) is 1. The quantitative estimate of drug-likeness (QED) is 0.567. The van der Waals surface area contributed by atoms with Gasteiger partial charge in [0.25, 0.3) is 0 Å². The number of anilines is 2. The number of aromatic nitrogens is 1. The maximum atomic E-state index is 9.62. The van der Waals surface area contributed by atoms with Crippen LogP contribution >= 0.6 is 0 Å². The first-order valence-corrected chi connectivity index (χ1v) is 9.67. The van der Waals surface area contributed by atoms with E-state index in [2.05, 4.69) is 30.2 Å². The van der Waals surface area contributed by atoms with Gasteiger partial charge in [0.1, 0.15) is 6.07 Å². The van der Waals surface area contributed by atoms with E-state index in [1.54, 1.807) is 13.3 Å². The van der Waals surface area contributed by atoms with Gasteiger partial charge in [-0.3, -0.25) is 4.98 Å². The lowest BCUT2D eigenvalue weighted by Gasteiger charge is -2.19. The molecule has 0 radical (unpaired) electrons. The van der Waals surface area contributed by atoms with Crippen molar-refractivity contribution in [3.8, 4) is 17.6 Å². The summed E-state index contributed by atoms with van der Waals surface area (Å²) in [6.07, 6.45) is 3.38. The van der Waals surface area contributed by atoms with E-state index in [4.69, 9.17) is 9.47 Å². The zero-order valence-electron chi connectivity index (χ0n) is 16.9. The van der Waals surface area contributed by atoms with Crippen LogP contribution in [-0.4, -0.2) is 23.3 Å². The molecule has 150 valence electrons. The summed E-state index contributed by atoms with van der Waals surface area (Å²) in [4.78, 5) is 4.42. The topological polar surface area (TPSA) is 87.4 Å². The summed E-state index contributed by atoms with van der Waals surface area (Å²) in [5.74, 6) is 1.23. The van der Waals surface area contributed by atoms with Crippen molar-refractivity contribution in [3.63, 3.8) is 0 Å². The molecule has 0 spiro atoms. The Morgan fingerprint density at radius 3 is 2.62 bits per heavy atom. The molecule has 0 bridgehead atoms. The van der Waals surface area contributed by atoms with Crippen molar-refractivity contribution < 1.29 is 14.6 Å². The van der Waals surface area contributed by atoms with Crippen LogP contribution in [0.25, 0.3) is 10.9 Å². The highest BCUT2D eigenvalue weighted by molar-refractivity contribution is 5.97. The zero-order valence-corrected chi connectivity index (χ0v) is 16.9. The number of ether oxygens (including phenoxy) is 2. The molecule has 0 saturated carbocycles. The molecule has 6 heteroatoms. The third kappa shape index (κ3) is 4.41. The number of fused-ring (bicyclic) bond motifs is 1. The fourth-order valence-corrected chi connectivity index (χ4v) is 3.20. The fraction of sp³-hybridized carbons (Fsp3) is 0.304. The van der Waals surface area contributed by atoms with Crippen LogP contribution in [0, 0.1) is 11.3 Å². The molecule has 0 atom stereocenters. The highest BCUT2D eigenvalue weighted by Gasteiger charge is 2.16. The summed E-state index contributed by atoms with van der Waals surface area (Å²) in [5, 5.41) is 23.1. The van der Waals surface area contributed by atoms with Gasteiger partial charge in [0, 0.05) is 23.3 Å². The van der Waals surface area contributed by atoms with E-state index in [1.165, 1.54) is 0 Å². The minimum absolute atomic E-state index is 0.0532. The average Bonchev–Trinajstić information content (AvgIpc) is 2.77. The first-order valence-electron chi connectivity index (χ1n) is 9.67. The minimum atomic E-state index is -0.0532. The Labute approximate surface area is 170 Å². The lowest BCUT2D eigenvalue weighted by molar-refractivity contribution is 0.185. The van der Waals surface area contributed by atoms with E-state index < -0.39 is 0 Å². The number of aliphatic hydroxyl groups is 1. The van der Waals surface area contributed by atoms with E-state index in [0.29, 0.717) is 28.3 Å². The predicted molar refractivity (Wildman–Crippen MR) is 114 cm³/mol. The summed E-state index contributed by atoms with van der Waals surface area (Å²) < 4.78 is 11.7. The summed E-state index contributed by atoms with van der Waals surface area (Å²) in [6.45, 7) is 4.11. The van der Waals surface area contributed by atoms with Crippen LogP contribution in [0.2, 0.25) is 0 Å². The second-order valence-corrected chi connectivity index (χ2v) is 6.72. The fourth-order valence-electron chi connectivity index (χ4n) is 3.20. The van der Waals surface area contributed by atoms with Gasteiger partial charge in [-0.05, 0) is 36.6 Å². The minimum Gasteiger partial charge on any atom is -0.493 e. The normalized spacial score (nSPS) is 10.8. The Morgan fingerprint density at radius 2 is 1.97 bits per heavy atom. The first kappa shape index (κ1) is 20.4. The molecule has 1 aromatic heterocycles. The molecule has 0 aliphatic heterocycles. The molecular weight excluding hydrogens is 366 g/mol. The van der Waals surface area contributed by atoms with Crippen LogP contribution in [-0.2, 0) is 6.61 Å². The standard InChI is InChI=1S/C23H25N3O3/c1-4-18(5-2)29-22-10-19-20(11-21(22)28-3)25-13-16(12-24)23(19)26-17-8-6-7-15(9-17)14-27/h6-11,13,18,27H,4-5,14H2,1-3H3,(H,25,26). The highest BCUT2D eigenvalue weighted by Crippen LogP contribution is 2.38. The van der Waals surface area contributed by atoms with Crippen molar-refractivity contribution in [3.05, 3.63) is 53.7 Å². The zero-order chi connectivity index (χ0) is 20.8. The second-order valence-electron chi connectivity index (χ2n) is 6.72. The number of methoxy groups -OCH3 is 1. The molecule has 29 heavy (non-hydrogen) atoms. The van der Waals surface area contributed by atoms with Crippen LogP contribution in [0.15, 0.2) is 42.6 Å². The number of hydrogen-bond acceptors (Lipinski definition) is 6. The molecule has 3 rings (SSSR count). The predicted octanol–water partition coefficient (Wildman–Crippen LogP) is 4.92. The molecule has 6 nitrogen and oxygen atoms in total. The molecule has 1 heterocycles. The maximum Gasteiger partial charge on any atom is 0.162 e. The van der Waals surface area contributed by atoms with E-state index >= 15 is 0 Å². The Morgan fingerprint density at radius 1 is 1.17 bits per heavy atom. The van der Waals surface area contributed by atoms with Crippen LogP contribution in [0.1, 0.15) is 37.8 Å². The average molecular weight is 391 g/mol. The van der Waals surface area contributed by atoms with Gasteiger partial charge in [-0.15, -0.1) is 0 Å². The molecular formula is C23H25N3O3. The van der Waals surface area contributed by atoms with E-state index in [9.17, 15) is 10.4 Å². The smallest absolute Gasteiger partial charge is 0.162 e. The summed E-state index contributed by atoms with van der Waals surface area (Å²) in [5.41, 5.74) is 3.32. The molecule has 2 N–H and O–H groups in total. The van der Waals surface area contributed by atoms with Crippen LogP contribution in [0.3, 0.4) is 0 Å². The van der Waals surface area contributed by atoms with Gasteiger partial charge in [-0.1, -0.05) is 26.0 Å². The molecule has 3 aromatic rings. The Bertz CT molecular complexity index is 1040. The van der Waals surface area contributed by atoms with Crippen molar-refractivity contribution >= 4 is 22.3 Å². The van der Waals surface area contributed by atoms with Gasteiger partial charge in [0.05, 0.1) is 36.6 Å². The van der Waals surface area contributed by atoms with E-state index in [0.717, 1.165) is 29.5 Å². The van der Waals surface area contributed by atoms with Gasteiger partial charge in [-0.2, -0.15) is 5.26 Å². The SMILES string of the molecule is CCC(CC)Oc1cc2c(Nc3cccc(CO)c3)c(C#N)cnc2cc1OC. The van der Waals surface area contributed by atoms with Crippen LogP contribution in [0.5, 0.6) is 11.5 Å². The Hall–Kier alpha value is -3.30. The van der Waals surface area contributed by atoms with Crippen molar-refractivity contribution in [2.24, 2.45) is 0 Å². The molecule has 0 aliphatic carbocycles. The molecule has 0 saturated heterocycles. The molecule has 0 amide bonds. The summed E-state index contributed by atoms with van der Waals surface area (Å²) in [7, 11) is 1.60. The Balaban J connectivity index is 2.14. The summed E-state index contributed by atoms with van der Waals surface area (Å²) >= 11 is 0. The first-order chi connectivity index (χ1) is 14.1. The van der Waals surface area contributed by atoms with E-state index in [1.807, 2.05) is 36.4 Å². The van der Waals surface area contributed by atoms with Crippen molar-refractivity contribution in [2.75, 3.05) is 12.4 Å². The molecule has 0 aliphatic rings. The van der Waals surface area contributed by atoms with Gasteiger partial charge < -0.3 is 19.9 Å². The largest absolute Gasteiger partial charge is 0.493 e. The third-order valence-electron chi connectivity index (χ3n) is 4.86. The number of hydrogen-bond donors (Lipinski definition) is 2.